The summed E-state index contributed by atoms with van der Waals surface area (Å²) >= 11 is 5.30. The Kier molecular flexibility index (Phi) is 4.10. The van der Waals surface area contributed by atoms with E-state index in [9.17, 15) is 0 Å². The molecule has 2 aromatic heterocycles. The third-order valence-electron chi connectivity index (χ3n) is 4.66. The van der Waals surface area contributed by atoms with Crippen LogP contribution in [0.4, 0.5) is 0 Å². The van der Waals surface area contributed by atoms with Gasteiger partial charge in [0.15, 0.2) is 11.0 Å². The summed E-state index contributed by atoms with van der Waals surface area (Å²) < 4.78 is 3.44. The van der Waals surface area contributed by atoms with E-state index in [0.29, 0.717) is 6.04 Å². The first-order chi connectivity index (χ1) is 12.8. The highest BCUT2D eigenvalue weighted by molar-refractivity contribution is 9.10. The molecular formula is C20H17BrN4S. The number of aromatic nitrogens is 4. The zero-order valence-electron chi connectivity index (χ0n) is 14.0. The first kappa shape index (κ1) is 16.1. The van der Waals surface area contributed by atoms with Crippen LogP contribution in [0.15, 0.2) is 64.4 Å². The van der Waals surface area contributed by atoms with Crippen molar-refractivity contribution >= 4 is 38.6 Å². The van der Waals surface area contributed by atoms with Gasteiger partial charge in [-0.25, -0.2) is 0 Å². The van der Waals surface area contributed by atoms with Crippen LogP contribution in [0.3, 0.4) is 0 Å². The molecule has 4 aromatic rings. The fourth-order valence-corrected chi connectivity index (χ4v) is 4.65. The van der Waals surface area contributed by atoms with Crippen LogP contribution in [0.25, 0.3) is 22.3 Å². The number of benzene rings is 2. The van der Waals surface area contributed by atoms with E-state index in [2.05, 4.69) is 84.3 Å². The van der Waals surface area contributed by atoms with Crippen molar-refractivity contribution < 1.29 is 0 Å². The molecule has 0 radical (unpaired) electrons. The van der Waals surface area contributed by atoms with Crippen LogP contribution >= 0.6 is 27.7 Å². The molecule has 6 heteroatoms. The van der Waals surface area contributed by atoms with Crippen molar-refractivity contribution in [1.29, 1.82) is 0 Å². The number of nitrogens with zero attached hydrogens (tertiary/aromatic N) is 3. The fraction of sp³-hybridized carbons (Fsp3) is 0.200. The maximum absolute atomic E-state index is 4.56. The molecule has 2 heterocycles. The van der Waals surface area contributed by atoms with Gasteiger partial charge in [-0.1, -0.05) is 58.0 Å². The number of para-hydroxylation sites is 1. The normalized spacial score (nSPS) is 14.2. The Morgan fingerprint density at radius 1 is 1.12 bits per heavy atom. The third-order valence-corrected chi connectivity index (χ3v) is 6.17. The second-order valence-electron chi connectivity index (χ2n) is 6.57. The molecule has 1 aliphatic carbocycles. The number of hydrogen-bond donors (Lipinski definition) is 1. The fourth-order valence-electron chi connectivity index (χ4n) is 3.25. The van der Waals surface area contributed by atoms with Gasteiger partial charge in [0.2, 0.25) is 0 Å². The van der Waals surface area contributed by atoms with Crippen molar-refractivity contribution in [3.8, 4) is 11.4 Å². The lowest BCUT2D eigenvalue weighted by molar-refractivity contribution is 0.669. The van der Waals surface area contributed by atoms with Crippen molar-refractivity contribution in [2.45, 2.75) is 29.8 Å². The largest absolute Gasteiger partial charge is 0.360 e. The molecule has 2 aromatic carbocycles. The van der Waals surface area contributed by atoms with Gasteiger partial charge in [-0.15, -0.1) is 10.2 Å². The van der Waals surface area contributed by atoms with E-state index in [1.54, 1.807) is 11.8 Å². The summed E-state index contributed by atoms with van der Waals surface area (Å²) in [5.41, 5.74) is 3.55. The Bertz CT molecular complexity index is 1080. The Morgan fingerprint density at radius 2 is 2.00 bits per heavy atom. The van der Waals surface area contributed by atoms with Gasteiger partial charge in [0.1, 0.15) is 0 Å². The summed E-state index contributed by atoms with van der Waals surface area (Å²) in [6.07, 6.45) is 4.46. The molecule has 26 heavy (non-hydrogen) atoms. The van der Waals surface area contributed by atoms with Crippen LogP contribution in [0.2, 0.25) is 0 Å². The van der Waals surface area contributed by atoms with E-state index >= 15 is 0 Å². The molecule has 5 rings (SSSR count). The van der Waals surface area contributed by atoms with Gasteiger partial charge in [0.05, 0.1) is 0 Å². The number of hydrogen-bond acceptors (Lipinski definition) is 3. The Labute approximate surface area is 164 Å². The highest BCUT2D eigenvalue weighted by atomic mass is 79.9. The number of H-pyrrole nitrogens is 1. The van der Waals surface area contributed by atoms with E-state index < -0.39 is 0 Å². The zero-order valence-corrected chi connectivity index (χ0v) is 16.4. The maximum Gasteiger partial charge on any atom is 0.192 e. The molecule has 1 N–H and O–H groups in total. The van der Waals surface area contributed by atoms with Crippen LogP contribution in [0, 0.1) is 0 Å². The summed E-state index contributed by atoms with van der Waals surface area (Å²) in [7, 11) is 0. The molecule has 0 aliphatic heterocycles. The number of nitrogens with one attached hydrogen (secondary N) is 1. The first-order valence-corrected chi connectivity index (χ1v) is 10.5. The predicted molar refractivity (Wildman–Crippen MR) is 109 cm³/mol. The second-order valence-corrected chi connectivity index (χ2v) is 8.43. The molecule has 1 aliphatic rings. The molecule has 0 saturated heterocycles. The molecule has 0 bridgehead atoms. The van der Waals surface area contributed by atoms with Gasteiger partial charge < -0.3 is 4.98 Å². The summed E-state index contributed by atoms with van der Waals surface area (Å²) in [6.45, 7) is 0. The van der Waals surface area contributed by atoms with E-state index in [0.717, 1.165) is 32.3 Å². The topological polar surface area (TPSA) is 46.5 Å². The van der Waals surface area contributed by atoms with Crippen molar-refractivity contribution in [2.24, 2.45) is 0 Å². The van der Waals surface area contributed by atoms with Gasteiger partial charge in [-0.3, -0.25) is 4.57 Å². The molecule has 1 saturated carbocycles. The molecular weight excluding hydrogens is 408 g/mol. The lowest BCUT2D eigenvalue weighted by Crippen LogP contribution is -1.99. The van der Waals surface area contributed by atoms with E-state index in [4.69, 9.17) is 0 Å². The van der Waals surface area contributed by atoms with E-state index in [1.165, 1.54) is 23.8 Å². The van der Waals surface area contributed by atoms with Gasteiger partial charge in [-0.05, 0) is 36.6 Å². The molecule has 0 unspecified atom stereocenters. The minimum absolute atomic E-state index is 0.527. The standard InChI is InChI=1S/C20H17BrN4S/c21-14-5-3-4-13(10-14)12-26-20-24-23-19(25(20)15-8-9-15)17-11-22-18-7-2-1-6-16(17)18/h1-7,10-11,15,22H,8-9,12H2. The first-order valence-electron chi connectivity index (χ1n) is 8.68. The average molecular weight is 425 g/mol. The monoisotopic (exact) mass is 424 g/mol. The predicted octanol–water partition coefficient (Wildman–Crippen LogP) is 5.82. The highest BCUT2D eigenvalue weighted by Gasteiger charge is 2.30. The number of fused-ring (bicyclic) bond motifs is 1. The molecule has 130 valence electrons. The number of rotatable bonds is 5. The van der Waals surface area contributed by atoms with Crippen LogP contribution in [0.5, 0.6) is 0 Å². The van der Waals surface area contributed by atoms with Crippen LogP contribution in [0.1, 0.15) is 24.4 Å². The average Bonchev–Trinajstić information content (AvgIpc) is 3.26. The lowest BCUT2D eigenvalue weighted by Gasteiger charge is -2.08. The summed E-state index contributed by atoms with van der Waals surface area (Å²) in [5.74, 6) is 1.86. The SMILES string of the molecule is Brc1cccc(CSc2nnc(-c3c[nH]c4ccccc34)n2C2CC2)c1. The van der Waals surface area contributed by atoms with Crippen molar-refractivity contribution in [3.05, 3.63) is 64.8 Å². The van der Waals surface area contributed by atoms with E-state index in [1.807, 2.05) is 6.07 Å². The summed E-state index contributed by atoms with van der Waals surface area (Å²) in [5, 5.41) is 11.3. The Hall–Kier alpha value is -2.05. The van der Waals surface area contributed by atoms with Gasteiger partial charge >= 0.3 is 0 Å². The molecule has 1 fully saturated rings. The molecule has 0 spiro atoms. The van der Waals surface area contributed by atoms with Crippen molar-refractivity contribution in [3.63, 3.8) is 0 Å². The number of aromatic amines is 1. The number of thioether (sulfide) groups is 1. The quantitative estimate of drug-likeness (QED) is 0.410. The molecule has 0 atom stereocenters. The van der Waals surface area contributed by atoms with E-state index in [-0.39, 0.29) is 0 Å². The maximum atomic E-state index is 4.56. The lowest BCUT2D eigenvalue weighted by atomic mass is 10.1. The highest BCUT2D eigenvalue weighted by Crippen LogP contribution is 2.42. The second kappa shape index (κ2) is 6.59. The Morgan fingerprint density at radius 3 is 2.85 bits per heavy atom. The summed E-state index contributed by atoms with van der Waals surface area (Å²) in [6, 6.07) is 17.3. The molecule has 0 amide bonds. The van der Waals surface area contributed by atoms with Crippen LogP contribution in [-0.2, 0) is 5.75 Å². The zero-order chi connectivity index (χ0) is 17.5. The minimum Gasteiger partial charge on any atom is -0.360 e. The van der Waals surface area contributed by atoms with Crippen LogP contribution < -0.4 is 0 Å². The minimum atomic E-state index is 0.527. The number of halogens is 1. The molecule has 4 nitrogen and oxygen atoms in total. The van der Waals surface area contributed by atoms with Crippen LogP contribution in [-0.4, -0.2) is 19.7 Å². The smallest absolute Gasteiger partial charge is 0.192 e. The van der Waals surface area contributed by atoms with Crippen molar-refractivity contribution in [2.75, 3.05) is 0 Å². The van der Waals surface area contributed by atoms with Gasteiger partial charge in [0.25, 0.3) is 0 Å². The van der Waals surface area contributed by atoms with Gasteiger partial charge in [0, 0.05) is 38.9 Å². The third kappa shape index (κ3) is 2.97. The Balaban J connectivity index is 1.50. The van der Waals surface area contributed by atoms with Gasteiger partial charge in [-0.2, -0.15) is 0 Å². The van der Waals surface area contributed by atoms with Crippen molar-refractivity contribution in [1.82, 2.24) is 19.7 Å². The summed E-state index contributed by atoms with van der Waals surface area (Å²) in [4.78, 5) is 3.35.